The van der Waals surface area contributed by atoms with Crippen molar-refractivity contribution in [3.63, 3.8) is 0 Å². The number of rotatable bonds is 4. The highest BCUT2D eigenvalue weighted by Crippen LogP contribution is 2.21. The van der Waals surface area contributed by atoms with Gasteiger partial charge in [-0.15, -0.1) is 16.4 Å². The fraction of sp³-hybridized carbons (Fsp3) is 0.357. The Kier molecular flexibility index (Phi) is 3.62. The van der Waals surface area contributed by atoms with Gasteiger partial charge >= 0.3 is 0 Å². The Bertz CT molecular complexity index is 858. The average molecular weight is 346 g/mol. The Morgan fingerprint density at radius 3 is 3.12 bits per heavy atom. The molecule has 1 aliphatic heterocycles. The highest BCUT2D eigenvalue weighted by molar-refractivity contribution is 7.12. The lowest BCUT2D eigenvalue weighted by Gasteiger charge is -2.42. The molecule has 10 heteroatoms. The van der Waals surface area contributed by atoms with E-state index in [2.05, 4.69) is 20.3 Å². The summed E-state index contributed by atoms with van der Waals surface area (Å²) in [5.74, 6) is 0.146. The minimum Gasteiger partial charge on any atom is -0.448 e. The van der Waals surface area contributed by atoms with Crippen LogP contribution in [0.4, 0.5) is 0 Å². The molecule has 1 amide bonds. The molecule has 4 rings (SSSR count). The molecule has 0 radical (unpaired) electrons. The van der Waals surface area contributed by atoms with E-state index in [0.717, 1.165) is 5.13 Å². The summed E-state index contributed by atoms with van der Waals surface area (Å²) in [4.78, 5) is 22.2. The van der Waals surface area contributed by atoms with E-state index in [1.165, 1.54) is 17.6 Å². The van der Waals surface area contributed by atoms with Crippen molar-refractivity contribution < 1.29 is 14.3 Å². The Labute approximate surface area is 140 Å². The summed E-state index contributed by atoms with van der Waals surface area (Å²) in [6.07, 6.45) is 4.64. The first-order chi connectivity index (χ1) is 11.6. The number of hydrogen-bond acceptors (Lipinski definition) is 8. The van der Waals surface area contributed by atoms with Crippen molar-refractivity contribution in [1.29, 1.82) is 0 Å². The third-order valence-corrected chi connectivity index (χ3v) is 4.71. The third kappa shape index (κ3) is 2.59. The largest absolute Gasteiger partial charge is 0.448 e. The predicted octanol–water partition coefficient (Wildman–Crippen LogP) is 0.508. The van der Waals surface area contributed by atoms with Gasteiger partial charge in [-0.1, -0.05) is 5.21 Å². The Hall–Kier alpha value is -2.59. The molecule has 9 nitrogen and oxygen atoms in total. The molecule has 4 heterocycles. The van der Waals surface area contributed by atoms with Crippen LogP contribution in [0.5, 0.6) is 0 Å². The number of hydrogen-bond donors (Lipinski definition) is 1. The SMILES string of the molecule is C[C@H]1[C@@H](O)CN1C(=O)c1coc(Cc2cn(-c3nccs3)nn2)n1. The minimum atomic E-state index is -0.471. The first kappa shape index (κ1) is 15.0. The van der Waals surface area contributed by atoms with Gasteiger partial charge in [-0.2, -0.15) is 4.68 Å². The lowest BCUT2D eigenvalue weighted by molar-refractivity contribution is -0.0360. The summed E-state index contributed by atoms with van der Waals surface area (Å²) in [5.41, 5.74) is 0.898. The molecule has 1 fully saturated rings. The van der Waals surface area contributed by atoms with Gasteiger partial charge in [-0.25, -0.2) is 9.97 Å². The van der Waals surface area contributed by atoms with Crippen LogP contribution in [0.2, 0.25) is 0 Å². The molecule has 124 valence electrons. The van der Waals surface area contributed by atoms with Crippen LogP contribution in [0.15, 0.2) is 28.5 Å². The zero-order chi connectivity index (χ0) is 16.7. The fourth-order valence-corrected chi connectivity index (χ4v) is 3.01. The molecule has 3 aromatic rings. The molecule has 24 heavy (non-hydrogen) atoms. The molecule has 0 spiro atoms. The van der Waals surface area contributed by atoms with Crippen LogP contribution in [0, 0.1) is 0 Å². The Balaban J connectivity index is 1.45. The minimum absolute atomic E-state index is 0.198. The zero-order valence-corrected chi connectivity index (χ0v) is 13.6. The number of amides is 1. The zero-order valence-electron chi connectivity index (χ0n) is 12.7. The number of aromatic nitrogens is 5. The Morgan fingerprint density at radius 2 is 2.42 bits per heavy atom. The number of aliphatic hydroxyl groups excluding tert-OH is 1. The van der Waals surface area contributed by atoms with Gasteiger partial charge in [-0.3, -0.25) is 4.79 Å². The van der Waals surface area contributed by atoms with E-state index in [9.17, 15) is 9.90 Å². The lowest BCUT2D eigenvalue weighted by atomic mass is 10.0. The number of thiazole rings is 1. The molecule has 3 aromatic heterocycles. The van der Waals surface area contributed by atoms with E-state index in [-0.39, 0.29) is 17.6 Å². The van der Waals surface area contributed by atoms with Gasteiger partial charge in [0.25, 0.3) is 5.91 Å². The van der Waals surface area contributed by atoms with Gasteiger partial charge in [-0.05, 0) is 6.92 Å². The van der Waals surface area contributed by atoms with E-state index in [4.69, 9.17) is 4.42 Å². The van der Waals surface area contributed by atoms with Gasteiger partial charge in [0.1, 0.15) is 6.26 Å². The van der Waals surface area contributed by atoms with Gasteiger partial charge in [0.15, 0.2) is 5.69 Å². The molecular formula is C14H14N6O3S. The van der Waals surface area contributed by atoms with Crippen LogP contribution >= 0.6 is 11.3 Å². The molecule has 0 aliphatic carbocycles. The number of likely N-dealkylation sites (tertiary alicyclic amines) is 1. The number of aliphatic hydroxyl groups is 1. The molecule has 0 aromatic carbocycles. The summed E-state index contributed by atoms with van der Waals surface area (Å²) in [6.45, 7) is 2.12. The molecule has 0 bridgehead atoms. The quantitative estimate of drug-likeness (QED) is 0.733. The lowest BCUT2D eigenvalue weighted by Crippen LogP contribution is -2.60. The number of β-amino-alcohol motifs (C(OH)–C–C–N with tert-alkyl or cyclic N) is 1. The maximum Gasteiger partial charge on any atom is 0.276 e. The smallest absolute Gasteiger partial charge is 0.276 e. The number of carbonyl (C=O) groups is 1. The van der Waals surface area contributed by atoms with E-state index in [1.807, 2.05) is 5.38 Å². The molecular weight excluding hydrogens is 332 g/mol. The van der Waals surface area contributed by atoms with Crippen LogP contribution in [0.25, 0.3) is 5.13 Å². The van der Waals surface area contributed by atoms with Crippen LogP contribution in [-0.4, -0.2) is 59.6 Å². The van der Waals surface area contributed by atoms with E-state index >= 15 is 0 Å². The summed E-state index contributed by atoms with van der Waals surface area (Å²) in [5, 5.41) is 20.2. The van der Waals surface area contributed by atoms with Crippen molar-refractivity contribution in [2.45, 2.75) is 25.5 Å². The van der Waals surface area contributed by atoms with Crippen molar-refractivity contribution in [3.8, 4) is 5.13 Å². The van der Waals surface area contributed by atoms with Crippen LogP contribution in [0.3, 0.4) is 0 Å². The van der Waals surface area contributed by atoms with Crippen LogP contribution < -0.4 is 0 Å². The summed E-state index contributed by atoms with van der Waals surface area (Å²) in [7, 11) is 0. The van der Waals surface area contributed by atoms with E-state index in [1.54, 1.807) is 28.9 Å². The second-order valence-electron chi connectivity index (χ2n) is 5.54. The molecule has 0 unspecified atom stereocenters. The van der Waals surface area contributed by atoms with Gasteiger partial charge < -0.3 is 14.4 Å². The first-order valence-electron chi connectivity index (χ1n) is 7.36. The summed E-state index contributed by atoms with van der Waals surface area (Å²) < 4.78 is 6.94. The highest BCUT2D eigenvalue weighted by Gasteiger charge is 2.38. The third-order valence-electron chi connectivity index (χ3n) is 3.95. The first-order valence-corrected chi connectivity index (χ1v) is 8.24. The van der Waals surface area contributed by atoms with Crippen molar-refractivity contribution >= 4 is 17.2 Å². The fourth-order valence-electron chi connectivity index (χ4n) is 2.45. The van der Waals surface area contributed by atoms with Gasteiger partial charge in [0.2, 0.25) is 11.0 Å². The van der Waals surface area contributed by atoms with Crippen molar-refractivity contribution in [2.75, 3.05) is 6.54 Å². The topological polar surface area (TPSA) is 110 Å². The van der Waals surface area contributed by atoms with E-state index in [0.29, 0.717) is 24.6 Å². The maximum atomic E-state index is 12.3. The summed E-state index contributed by atoms with van der Waals surface area (Å²) >= 11 is 1.46. The van der Waals surface area contributed by atoms with Crippen molar-refractivity contribution in [3.05, 3.63) is 41.3 Å². The second kappa shape index (κ2) is 5.80. The average Bonchev–Trinajstić information content (AvgIpc) is 3.32. The standard InChI is InChI=1S/C14H14N6O3S/c1-8-11(21)6-19(8)13(22)10-7-23-12(16-10)4-9-5-20(18-17-9)14-15-2-3-24-14/h2-3,5,7-8,11,21H,4,6H2,1H3/t8-,11-/m0/s1. The van der Waals surface area contributed by atoms with E-state index < -0.39 is 6.10 Å². The Morgan fingerprint density at radius 1 is 1.54 bits per heavy atom. The van der Waals surface area contributed by atoms with Crippen LogP contribution in [0.1, 0.15) is 29.0 Å². The molecule has 1 aliphatic rings. The maximum absolute atomic E-state index is 12.3. The molecule has 2 atom stereocenters. The number of nitrogens with zero attached hydrogens (tertiary/aromatic N) is 6. The molecule has 1 N–H and O–H groups in total. The monoisotopic (exact) mass is 346 g/mol. The van der Waals surface area contributed by atoms with Crippen LogP contribution in [-0.2, 0) is 6.42 Å². The van der Waals surface area contributed by atoms with Gasteiger partial charge in [0, 0.05) is 18.1 Å². The number of oxazole rings is 1. The second-order valence-corrected chi connectivity index (χ2v) is 6.41. The van der Waals surface area contributed by atoms with Crippen molar-refractivity contribution in [2.24, 2.45) is 0 Å². The summed E-state index contributed by atoms with van der Waals surface area (Å²) in [6, 6.07) is -0.198. The van der Waals surface area contributed by atoms with Gasteiger partial charge in [0.05, 0.1) is 30.5 Å². The molecule has 1 saturated heterocycles. The van der Waals surface area contributed by atoms with Crippen molar-refractivity contribution in [1.82, 2.24) is 29.9 Å². The highest BCUT2D eigenvalue weighted by atomic mass is 32.1. The predicted molar refractivity (Wildman–Crippen MR) is 82.8 cm³/mol. The normalized spacial score (nSPS) is 20.2. The number of carbonyl (C=O) groups excluding carboxylic acids is 1. The molecule has 0 saturated carbocycles.